The van der Waals surface area contributed by atoms with E-state index in [0.29, 0.717) is 5.82 Å². The minimum Gasteiger partial charge on any atom is -0.296 e. The van der Waals surface area contributed by atoms with Gasteiger partial charge in [-0.2, -0.15) is 0 Å². The van der Waals surface area contributed by atoms with Crippen molar-refractivity contribution in [3.8, 4) is 0 Å². The van der Waals surface area contributed by atoms with E-state index in [0.717, 1.165) is 15.5 Å². The molecule has 0 amide bonds. The lowest BCUT2D eigenvalue weighted by atomic mass is 10.4. The molecule has 2 aromatic heterocycles. The van der Waals surface area contributed by atoms with E-state index < -0.39 is 0 Å². The molecule has 60 valence electrons. The van der Waals surface area contributed by atoms with Crippen LogP contribution in [-0.4, -0.2) is 15.7 Å². The Morgan fingerprint density at radius 3 is 3.08 bits per heavy atom. The van der Waals surface area contributed by atoms with Crippen molar-refractivity contribution in [2.75, 3.05) is 0 Å². The highest BCUT2D eigenvalue weighted by Gasteiger charge is 2.05. The Morgan fingerprint density at radius 2 is 2.33 bits per heavy atom. The molecule has 0 bridgehead atoms. The van der Waals surface area contributed by atoms with E-state index in [1.54, 1.807) is 4.40 Å². The number of fused-ring (bicyclic) bond motifs is 1. The number of carbonyl (C=O) groups excluding carboxylic acids is 1. The molecule has 3 nitrogen and oxygen atoms in total. The maximum atomic E-state index is 10.5. The molecule has 2 heterocycles. The van der Waals surface area contributed by atoms with Gasteiger partial charge in [-0.15, -0.1) is 0 Å². The SMILES string of the molecule is O=Cc1nc(I)c2ccccn12. The van der Waals surface area contributed by atoms with Crippen LogP contribution in [0.25, 0.3) is 5.52 Å². The molecule has 12 heavy (non-hydrogen) atoms. The highest BCUT2D eigenvalue weighted by molar-refractivity contribution is 14.1. The third-order valence-electron chi connectivity index (χ3n) is 1.64. The lowest BCUT2D eigenvalue weighted by Crippen LogP contribution is -1.89. The van der Waals surface area contributed by atoms with Gasteiger partial charge in [-0.25, -0.2) is 4.98 Å². The minimum absolute atomic E-state index is 0.454. The lowest BCUT2D eigenvalue weighted by Gasteiger charge is -1.91. The van der Waals surface area contributed by atoms with Gasteiger partial charge in [0, 0.05) is 6.20 Å². The normalized spacial score (nSPS) is 10.4. The summed E-state index contributed by atoms with van der Waals surface area (Å²) >= 11 is 2.11. The van der Waals surface area contributed by atoms with Crippen LogP contribution in [0.1, 0.15) is 10.6 Å². The summed E-state index contributed by atoms with van der Waals surface area (Å²) in [7, 11) is 0. The maximum Gasteiger partial charge on any atom is 0.185 e. The minimum atomic E-state index is 0.454. The van der Waals surface area contributed by atoms with Crippen LogP contribution in [0.4, 0.5) is 0 Å². The van der Waals surface area contributed by atoms with Crippen molar-refractivity contribution in [2.45, 2.75) is 0 Å². The number of hydrogen-bond donors (Lipinski definition) is 0. The smallest absolute Gasteiger partial charge is 0.185 e. The summed E-state index contributed by atoms with van der Waals surface area (Å²) in [6.45, 7) is 0. The summed E-state index contributed by atoms with van der Waals surface area (Å²) in [4.78, 5) is 14.6. The van der Waals surface area contributed by atoms with Crippen molar-refractivity contribution >= 4 is 34.4 Å². The average Bonchev–Trinajstić information content (AvgIpc) is 2.44. The monoisotopic (exact) mass is 272 g/mol. The number of carbonyl (C=O) groups is 1. The Hall–Kier alpha value is -0.910. The Labute approximate surface area is 82.6 Å². The number of rotatable bonds is 1. The number of aldehydes is 1. The fourth-order valence-corrected chi connectivity index (χ4v) is 1.79. The van der Waals surface area contributed by atoms with Crippen LogP contribution in [-0.2, 0) is 0 Å². The first-order valence-corrected chi connectivity index (χ1v) is 4.48. The van der Waals surface area contributed by atoms with Gasteiger partial charge >= 0.3 is 0 Å². The van der Waals surface area contributed by atoms with E-state index in [9.17, 15) is 4.79 Å². The summed E-state index contributed by atoms with van der Waals surface area (Å²) in [6, 6.07) is 5.73. The number of hydrogen-bond acceptors (Lipinski definition) is 2. The second-order valence-electron chi connectivity index (χ2n) is 2.33. The molecule has 0 N–H and O–H groups in total. The van der Waals surface area contributed by atoms with E-state index in [1.165, 1.54) is 0 Å². The van der Waals surface area contributed by atoms with E-state index in [1.807, 2.05) is 24.4 Å². The maximum absolute atomic E-state index is 10.5. The Morgan fingerprint density at radius 1 is 1.50 bits per heavy atom. The van der Waals surface area contributed by atoms with Crippen LogP contribution in [0.3, 0.4) is 0 Å². The second kappa shape index (κ2) is 2.85. The molecule has 2 aromatic rings. The van der Waals surface area contributed by atoms with Gasteiger partial charge in [0.25, 0.3) is 0 Å². The highest BCUT2D eigenvalue weighted by atomic mass is 127. The van der Waals surface area contributed by atoms with Crippen LogP contribution < -0.4 is 0 Å². The first-order valence-electron chi connectivity index (χ1n) is 3.40. The van der Waals surface area contributed by atoms with E-state index in [-0.39, 0.29) is 0 Å². The van der Waals surface area contributed by atoms with Gasteiger partial charge in [0.1, 0.15) is 3.70 Å². The van der Waals surface area contributed by atoms with E-state index >= 15 is 0 Å². The predicted molar refractivity (Wildman–Crippen MR) is 53.3 cm³/mol. The quantitative estimate of drug-likeness (QED) is 0.585. The van der Waals surface area contributed by atoms with Gasteiger partial charge in [0.2, 0.25) is 0 Å². The van der Waals surface area contributed by atoms with Gasteiger partial charge in [-0.3, -0.25) is 9.20 Å². The molecule has 0 aliphatic heterocycles. The van der Waals surface area contributed by atoms with Crippen LogP contribution in [0.5, 0.6) is 0 Å². The molecule has 0 saturated carbocycles. The largest absolute Gasteiger partial charge is 0.296 e. The number of imidazole rings is 1. The number of aromatic nitrogens is 2. The van der Waals surface area contributed by atoms with Crippen molar-refractivity contribution in [1.82, 2.24) is 9.38 Å². The first kappa shape index (κ1) is 7.72. The Kier molecular flexibility index (Phi) is 1.84. The van der Waals surface area contributed by atoms with Crippen molar-refractivity contribution in [2.24, 2.45) is 0 Å². The zero-order valence-electron chi connectivity index (χ0n) is 6.07. The molecule has 0 saturated heterocycles. The Balaban J connectivity index is 2.91. The van der Waals surface area contributed by atoms with Crippen molar-refractivity contribution in [3.63, 3.8) is 0 Å². The molecular formula is C8H5IN2O. The average molecular weight is 272 g/mol. The van der Waals surface area contributed by atoms with Crippen molar-refractivity contribution < 1.29 is 4.79 Å². The van der Waals surface area contributed by atoms with Crippen LogP contribution in [0.15, 0.2) is 24.4 Å². The van der Waals surface area contributed by atoms with Gasteiger partial charge < -0.3 is 0 Å². The Bertz CT molecular complexity index is 436. The summed E-state index contributed by atoms with van der Waals surface area (Å²) < 4.78 is 2.63. The summed E-state index contributed by atoms with van der Waals surface area (Å²) in [5.41, 5.74) is 0.972. The molecule has 2 rings (SSSR count). The van der Waals surface area contributed by atoms with Crippen LogP contribution >= 0.6 is 22.6 Å². The molecule has 0 aliphatic rings. The third-order valence-corrected chi connectivity index (χ3v) is 2.43. The zero-order chi connectivity index (χ0) is 8.55. The fourth-order valence-electron chi connectivity index (χ4n) is 1.11. The first-order chi connectivity index (χ1) is 5.83. The number of halogens is 1. The lowest BCUT2D eigenvalue weighted by molar-refractivity contribution is 0.111. The van der Waals surface area contributed by atoms with Crippen LogP contribution in [0, 0.1) is 3.70 Å². The van der Waals surface area contributed by atoms with Gasteiger partial charge in [-0.05, 0) is 34.7 Å². The molecule has 0 unspecified atom stereocenters. The van der Waals surface area contributed by atoms with Gasteiger partial charge in [-0.1, -0.05) is 6.07 Å². The molecule has 0 aliphatic carbocycles. The van der Waals surface area contributed by atoms with Crippen molar-refractivity contribution in [3.05, 3.63) is 33.9 Å². The number of nitrogens with zero attached hydrogens (tertiary/aromatic N) is 2. The summed E-state index contributed by atoms with van der Waals surface area (Å²) in [5.74, 6) is 0.454. The van der Waals surface area contributed by atoms with Crippen molar-refractivity contribution in [1.29, 1.82) is 0 Å². The molecule has 0 atom stereocenters. The van der Waals surface area contributed by atoms with Gasteiger partial charge in [0.15, 0.2) is 12.1 Å². The molecular weight excluding hydrogens is 267 g/mol. The van der Waals surface area contributed by atoms with E-state index in [2.05, 4.69) is 27.6 Å². The molecule has 4 heteroatoms. The molecule has 0 aromatic carbocycles. The molecule has 0 fully saturated rings. The second-order valence-corrected chi connectivity index (χ2v) is 3.36. The summed E-state index contributed by atoms with van der Waals surface area (Å²) in [6.07, 6.45) is 2.59. The fraction of sp³-hybridized carbons (Fsp3) is 0. The van der Waals surface area contributed by atoms with E-state index in [4.69, 9.17) is 0 Å². The zero-order valence-corrected chi connectivity index (χ0v) is 8.22. The third kappa shape index (κ3) is 1.03. The highest BCUT2D eigenvalue weighted by Crippen LogP contribution is 2.13. The standard InChI is InChI=1S/C8H5IN2O/c9-8-6-3-1-2-4-11(6)7(5-12)10-8/h1-5H. The summed E-state index contributed by atoms with van der Waals surface area (Å²) in [5, 5.41) is 0. The van der Waals surface area contributed by atoms with Crippen LogP contribution in [0.2, 0.25) is 0 Å². The topological polar surface area (TPSA) is 34.4 Å². The number of pyridine rings is 1. The predicted octanol–water partition coefficient (Wildman–Crippen LogP) is 1.75. The van der Waals surface area contributed by atoms with Gasteiger partial charge in [0.05, 0.1) is 5.52 Å². The molecule has 0 radical (unpaired) electrons. The molecule has 0 spiro atoms.